The Balaban J connectivity index is 1.38. The number of aryl methyl sites for hydroxylation is 1. The van der Waals surface area contributed by atoms with Crippen LogP contribution in [0.4, 0.5) is 23.4 Å². The van der Waals surface area contributed by atoms with Crippen LogP contribution in [0.15, 0.2) is 24.3 Å². The maximum Gasteiger partial charge on any atom is 0.313 e. The number of hydrogen-bond donors (Lipinski definition) is 1. The number of carbonyl (C=O) groups is 1. The van der Waals surface area contributed by atoms with Gasteiger partial charge in [0.25, 0.3) is 0 Å². The number of halogens is 4. The molecular weight excluding hydrogens is 410 g/mol. The van der Waals surface area contributed by atoms with E-state index in [1.165, 1.54) is 11.1 Å². The van der Waals surface area contributed by atoms with Gasteiger partial charge in [-0.2, -0.15) is 22.7 Å². The Kier molecular flexibility index (Phi) is 4.68. The van der Waals surface area contributed by atoms with Crippen LogP contribution < -0.4 is 5.32 Å². The lowest BCUT2D eigenvalue weighted by molar-refractivity contribution is -0.313. The van der Waals surface area contributed by atoms with Crippen molar-refractivity contribution in [3.05, 3.63) is 46.6 Å². The number of fused-ring (bicyclic) bond motifs is 1. The molecule has 8 heteroatoms. The highest BCUT2D eigenvalue weighted by Gasteiger charge is 2.71. The second-order valence-corrected chi connectivity index (χ2v) is 9.25. The summed E-state index contributed by atoms with van der Waals surface area (Å²) in [5.74, 6) is -9.44. The molecule has 1 N–H and O–H groups in total. The van der Waals surface area contributed by atoms with E-state index in [1.54, 1.807) is 11.7 Å². The minimum atomic E-state index is -4.13. The van der Waals surface area contributed by atoms with Gasteiger partial charge in [0.1, 0.15) is 5.82 Å². The molecule has 0 bridgehead atoms. The van der Waals surface area contributed by atoms with Crippen LogP contribution in [0, 0.1) is 5.92 Å². The number of alkyl halides is 4. The number of hydrogen-bond acceptors (Lipinski definition) is 2. The summed E-state index contributed by atoms with van der Waals surface area (Å²) in [7, 11) is 1.73. The highest BCUT2D eigenvalue weighted by Crippen LogP contribution is 2.56. The van der Waals surface area contributed by atoms with Crippen molar-refractivity contribution in [2.75, 3.05) is 5.32 Å². The first-order valence-electron chi connectivity index (χ1n) is 10.9. The highest BCUT2D eigenvalue weighted by atomic mass is 19.3. The van der Waals surface area contributed by atoms with Gasteiger partial charge < -0.3 is 5.32 Å². The van der Waals surface area contributed by atoms with Gasteiger partial charge in [0.2, 0.25) is 5.91 Å². The number of carbonyl (C=O) groups excluding carboxylic acids is 1. The standard InChI is InChI=1S/C23H25F4N3O/c1-30-21(28-18(31)11-17-12-22(24,25)23(17,26)27)19(13-7-4-8-13)20(29-30)16-9-14-5-2-3-6-15(14)10-16/h2-3,5-6,13,16-17H,4,7-12H2,1H3,(H,28,31)/t17-/m1/s1. The average Bonchev–Trinajstić information content (AvgIpc) is 3.22. The smallest absolute Gasteiger partial charge is 0.311 e. The molecule has 1 aromatic heterocycles. The van der Waals surface area contributed by atoms with Crippen LogP contribution in [0.5, 0.6) is 0 Å². The van der Waals surface area contributed by atoms with E-state index in [0.29, 0.717) is 5.82 Å². The van der Waals surface area contributed by atoms with Crippen LogP contribution in [0.1, 0.15) is 66.3 Å². The summed E-state index contributed by atoms with van der Waals surface area (Å²) in [5, 5.41) is 7.47. The van der Waals surface area contributed by atoms with E-state index in [4.69, 9.17) is 5.10 Å². The van der Waals surface area contributed by atoms with Crippen molar-refractivity contribution < 1.29 is 22.4 Å². The second kappa shape index (κ2) is 7.07. The molecule has 0 aliphatic heterocycles. The number of anilines is 1. The fourth-order valence-corrected chi connectivity index (χ4v) is 5.21. The van der Waals surface area contributed by atoms with E-state index in [-0.39, 0.29) is 11.8 Å². The SMILES string of the molecule is Cn1nc(C2Cc3ccccc3C2)c(C2CCC2)c1NC(=O)C[C@@H]1CC(F)(F)C1(F)F. The van der Waals surface area contributed by atoms with Gasteiger partial charge in [-0.05, 0) is 42.7 Å². The summed E-state index contributed by atoms with van der Waals surface area (Å²) in [6, 6.07) is 8.30. The van der Waals surface area contributed by atoms with Gasteiger partial charge in [0.15, 0.2) is 0 Å². The van der Waals surface area contributed by atoms with Crippen LogP contribution in [0.2, 0.25) is 0 Å². The lowest BCUT2D eigenvalue weighted by atomic mass is 9.74. The molecule has 0 spiro atoms. The summed E-state index contributed by atoms with van der Waals surface area (Å²) in [5.41, 5.74) is 4.55. The first kappa shape index (κ1) is 20.5. The minimum Gasteiger partial charge on any atom is -0.311 e. The maximum absolute atomic E-state index is 13.6. The molecule has 2 aromatic rings. The molecule has 5 rings (SSSR count). The van der Waals surface area contributed by atoms with Crippen LogP contribution in [-0.2, 0) is 24.7 Å². The molecule has 31 heavy (non-hydrogen) atoms. The van der Waals surface area contributed by atoms with E-state index in [9.17, 15) is 22.4 Å². The van der Waals surface area contributed by atoms with Gasteiger partial charge in [-0.3, -0.25) is 9.48 Å². The molecule has 1 aromatic carbocycles. The van der Waals surface area contributed by atoms with E-state index in [2.05, 4.69) is 17.4 Å². The third kappa shape index (κ3) is 3.26. The number of amides is 1. The Morgan fingerprint density at radius 1 is 1.13 bits per heavy atom. The van der Waals surface area contributed by atoms with E-state index in [1.807, 2.05) is 12.1 Å². The van der Waals surface area contributed by atoms with E-state index >= 15 is 0 Å². The number of nitrogens with one attached hydrogen (secondary N) is 1. The van der Waals surface area contributed by atoms with Gasteiger partial charge in [-0.1, -0.05) is 30.7 Å². The van der Waals surface area contributed by atoms with Crippen LogP contribution >= 0.6 is 0 Å². The summed E-state index contributed by atoms with van der Waals surface area (Å²) in [6.45, 7) is 0. The molecule has 3 aliphatic rings. The fraction of sp³-hybridized carbons (Fsp3) is 0.565. The van der Waals surface area contributed by atoms with Crippen molar-refractivity contribution in [3.63, 3.8) is 0 Å². The average molecular weight is 435 g/mol. The minimum absolute atomic E-state index is 0.208. The molecular formula is C23H25F4N3O. The topological polar surface area (TPSA) is 46.9 Å². The molecule has 0 radical (unpaired) electrons. The van der Waals surface area contributed by atoms with Crippen molar-refractivity contribution >= 4 is 11.7 Å². The predicted molar refractivity (Wildman–Crippen MR) is 108 cm³/mol. The van der Waals surface area contributed by atoms with Crippen LogP contribution in [0.3, 0.4) is 0 Å². The first-order valence-corrected chi connectivity index (χ1v) is 10.9. The summed E-state index contributed by atoms with van der Waals surface area (Å²) in [6.07, 6.45) is 3.26. The quantitative estimate of drug-likeness (QED) is 0.657. The van der Waals surface area contributed by atoms with Crippen molar-refractivity contribution in [2.24, 2.45) is 13.0 Å². The predicted octanol–water partition coefficient (Wildman–Crippen LogP) is 5.19. The third-order valence-electron chi connectivity index (χ3n) is 7.26. The molecule has 2 saturated carbocycles. The van der Waals surface area contributed by atoms with Gasteiger partial charge in [0.05, 0.1) is 5.69 Å². The largest absolute Gasteiger partial charge is 0.313 e. The Morgan fingerprint density at radius 2 is 1.77 bits per heavy atom. The monoisotopic (exact) mass is 435 g/mol. The van der Waals surface area contributed by atoms with E-state index < -0.39 is 36.5 Å². The Labute approximate surface area is 178 Å². The molecule has 0 unspecified atom stereocenters. The molecule has 2 fully saturated rings. The normalized spacial score (nSPS) is 24.4. The lowest BCUT2D eigenvalue weighted by Crippen LogP contribution is -2.59. The Morgan fingerprint density at radius 3 is 2.29 bits per heavy atom. The van der Waals surface area contributed by atoms with Gasteiger partial charge in [-0.15, -0.1) is 0 Å². The molecule has 1 atom stereocenters. The maximum atomic E-state index is 13.6. The number of rotatable bonds is 5. The number of aromatic nitrogens is 2. The zero-order valence-electron chi connectivity index (χ0n) is 17.3. The summed E-state index contributed by atoms with van der Waals surface area (Å²) >= 11 is 0. The molecule has 166 valence electrons. The zero-order chi connectivity index (χ0) is 22.0. The molecule has 3 aliphatic carbocycles. The summed E-state index contributed by atoms with van der Waals surface area (Å²) in [4.78, 5) is 12.5. The van der Waals surface area contributed by atoms with Crippen molar-refractivity contribution in [1.82, 2.24) is 9.78 Å². The first-order chi connectivity index (χ1) is 14.7. The van der Waals surface area contributed by atoms with Gasteiger partial charge in [0, 0.05) is 37.3 Å². The number of nitrogens with zero attached hydrogens (tertiary/aromatic N) is 2. The molecule has 4 nitrogen and oxygen atoms in total. The van der Waals surface area contributed by atoms with Gasteiger partial charge >= 0.3 is 11.8 Å². The number of benzene rings is 1. The second-order valence-electron chi connectivity index (χ2n) is 9.25. The van der Waals surface area contributed by atoms with E-state index in [0.717, 1.165) is 43.4 Å². The molecule has 1 heterocycles. The Hall–Kier alpha value is -2.38. The zero-order valence-corrected chi connectivity index (χ0v) is 17.3. The van der Waals surface area contributed by atoms with Gasteiger partial charge in [-0.25, -0.2) is 0 Å². The van der Waals surface area contributed by atoms with Crippen LogP contribution in [0.25, 0.3) is 0 Å². The molecule has 1 amide bonds. The van der Waals surface area contributed by atoms with Crippen LogP contribution in [-0.4, -0.2) is 27.5 Å². The lowest BCUT2D eigenvalue weighted by Gasteiger charge is -2.43. The van der Waals surface area contributed by atoms with Crippen molar-refractivity contribution in [2.45, 2.75) is 68.6 Å². The molecule has 0 saturated heterocycles. The summed E-state index contributed by atoms with van der Waals surface area (Å²) < 4.78 is 55.1. The van der Waals surface area contributed by atoms with Crippen molar-refractivity contribution in [3.8, 4) is 0 Å². The Bertz CT molecular complexity index is 1000. The fourth-order valence-electron chi connectivity index (χ4n) is 5.21. The highest BCUT2D eigenvalue weighted by molar-refractivity contribution is 5.91. The third-order valence-corrected chi connectivity index (χ3v) is 7.26. The van der Waals surface area contributed by atoms with Crippen molar-refractivity contribution in [1.29, 1.82) is 0 Å².